The third kappa shape index (κ3) is 7.41. The Kier molecular flexibility index (Phi) is 9.77. The molecule has 1 N–H and O–H groups in total. The van der Waals surface area contributed by atoms with Gasteiger partial charge in [-0.25, -0.2) is 0 Å². The molecule has 1 atom stereocenters. The quantitative estimate of drug-likeness (QED) is 0.384. The average molecular weight is 558 g/mol. The SMILES string of the molecule is CC(C(=O)NC1CCCC1)N(Cc1cccc(Br)c1)C(=O)CSCc1ccc(Cl)cc1Cl. The Morgan fingerprint density at radius 2 is 1.94 bits per heavy atom. The number of carbonyl (C=O) groups excluding carboxylic acids is 2. The molecule has 0 radical (unpaired) electrons. The van der Waals surface area contributed by atoms with E-state index in [4.69, 9.17) is 23.2 Å². The summed E-state index contributed by atoms with van der Waals surface area (Å²) in [7, 11) is 0. The molecule has 8 heteroatoms. The third-order valence-corrected chi connectivity index (χ3v) is 7.66. The number of carbonyl (C=O) groups is 2. The number of nitrogens with zero attached hydrogens (tertiary/aromatic N) is 1. The van der Waals surface area contributed by atoms with Gasteiger partial charge in [0, 0.05) is 32.9 Å². The van der Waals surface area contributed by atoms with Crippen LogP contribution in [-0.4, -0.2) is 34.6 Å². The predicted molar refractivity (Wildman–Crippen MR) is 137 cm³/mol. The van der Waals surface area contributed by atoms with Crippen molar-refractivity contribution in [2.24, 2.45) is 0 Å². The summed E-state index contributed by atoms with van der Waals surface area (Å²) in [4.78, 5) is 27.8. The van der Waals surface area contributed by atoms with E-state index in [2.05, 4.69) is 21.2 Å². The number of halogens is 3. The summed E-state index contributed by atoms with van der Waals surface area (Å²) in [6.07, 6.45) is 4.30. The number of thioether (sulfide) groups is 1. The van der Waals surface area contributed by atoms with Crippen molar-refractivity contribution in [3.05, 3.63) is 68.1 Å². The van der Waals surface area contributed by atoms with Crippen LogP contribution < -0.4 is 5.32 Å². The maximum absolute atomic E-state index is 13.2. The lowest BCUT2D eigenvalue weighted by Gasteiger charge is -2.29. The average Bonchev–Trinajstić information content (AvgIpc) is 3.26. The molecule has 2 amide bonds. The minimum atomic E-state index is -0.554. The van der Waals surface area contributed by atoms with Gasteiger partial charge in [-0.2, -0.15) is 0 Å². The summed E-state index contributed by atoms with van der Waals surface area (Å²) in [5, 5.41) is 4.30. The molecule has 1 aliphatic rings. The highest BCUT2D eigenvalue weighted by atomic mass is 79.9. The Morgan fingerprint density at radius 3 is 2.62 bits per heavy atom. The molecule has 0 bridgehead atoms. The van der Waals surface area contributed by atoms with Gasteiger partial charge in [0.2, 0.25) is 11.8 Å². The first-order valence-corrected chi connectivity index (χ1v) is 13.4. The van der Waals surface area contributed by atoms with E-state index in [-0.39, 0.29) is 23.6 Å². The molecule has 0 spiro atoms. The Morgan fingerprint density at radius 1 is 1.19 bits per heavy atom. The van der Waals surface area contributed by atoms with Gasteiger partial charge in [0.05, 0.1) is 5.75 Å². The molecule has 2 aromatic rings. The normalized spacial score (nSPS) is 14.9. The lowest BCUT2D eigenvalue weighted by molar-refractivity contribution is -0.138. The second kappa shape index (κ2) is 12.3. The van der Waals surface area contributed by atoms with Crippen molar-refractivity contribution >= 4 is 62.7 Å². The summed E-state index contributed by atoms with van der Waals surface area (Å²) in [6.45, 7) is 2.18. The highest BCUT2D eigenvalue weighted by Crippen LogP contribution is 2.25. The minimum absolute atomic E-state index is 0.0749. The zero-order chi connectivity index (χ0) is 23.1. The Bertz CT molecular complexity index is 953. The maximum atomic E-state index is 13.2. The van der Waals surface area contributed by atoms with E-state index in [0.29, 0.717) is 22.3 Å². The van der Waals surface area contributed by atoms with Crippen LogP contribution in [0.15, 0.2) is 46.9 Å². The second-order valence-corrected chi connectivity index (χ2v) is 10.8. The van der Waals surface area contributed by atoms with E-state index in [1.54, 1.807) is 24.0 Å². The van der Waals surface area contributed by atoms with Crippen molar-refractivity contribution in [3.8, 4) is 0 Å². The van der Waals surface area contributed by atoms with Crippen LogP contribution in [0.1, 0.15) is 43.7 Å². The Hall–Kier alpha value is -1.21. The van der Waals surface area contributed by atoms with Gasteiger partial charge >= 0.3 is 0 Å². The van der Waals surface area contributed by atoms with Crippen LogP contribution >= 0.6 is 50.9 Å². The topological polar surface area (TPSA) is 49.4 Å². The molecule has 3 rings (SSSR count). The monoisotopic (exact) mass is 556 g/mol. The fourth-order valence-electron chi connectivity index (χ4n) is 3.78. The van der Waals surface area contributed by atoms with E-state index in [1.165, 1.54) is 11.8 Å². The second-order valence-electron chi connectivity index (χ2n) is 8.05. The molecular formula is C24H27BrCl2N2O2S. The van der Waals surface area contributed by atoms with E-state index in [9.17, 15) is 9.59 Å². The van der Waals surface area contributed by atoms with Crippen LogP contribution in [0.25, 0.3) is 0 Å². The fraction of sp³-hybridized carbons (Fsp3) is 0.417. The smallest absolute Gasteiger partial charge is 0.242 e. The van der Waals surface area contributed by atoms with Crippen molar-refractivity contribution in [1.82, 2.24) is 10.2 Å². The predicted octanol–water partition coefficient (Wildman–Crippen LogP) is 6.47. The van der Waals surface area contributed by atoms with Gasteiger partial charge in [0.1, 0.15) is 6.04 Å². The zero-order valence-electron chi connectivity index (χ0n) is 18.0. The molecule has 1 saturated carbocycles. The number of hydrogen-bond donors (Lipinski definition) is 1. The highest BCUT2D eigenvalue weighted by molar-refractivity contribution is 9.10. The number of nitrogens with one attached hydrogen (secondary N) is 1. The standard InChI is InChI=1S/C24H27BrCl2N2O2S/c1-16(24(31)28-21-7-2-3-8-21)29(13-17-5-4-6-19(25)11-17)23(30)15-32-14-18-9-10-20(26)12-22(18)27/h4-6,9-12,16,21H,2-3,7-8,13-15H2,1H3,(H,28,31). The van der Waals surface area contributed by atoms with Crippen LogP contribution in [0.2, 0.25) is 10.0 Å². The first kappa shape index (κ1) is 25.4. The lowest BCUT2D eigenvalue weighted by Crippen LogP contribution is -2.50. The minimum Gasteiger partial charge on any atom is -0.352 e. The molecule has 1 unspecified atom stereocenters. The first-order valence-electron chi connectivity index (χ1n) is 10.7. The van der Waals surface area contributed by atoms with E-state index in [0.717, 1.165) is 41.3 Å². The van der Waals surface area contributed by atoms with Gasteiger partial charge in [0.15, 0.2) is 0 Å². The van der Waals surface area contributed by atoms with E-state index >= 15 is 0 Å². The molecule has 0 saturated heterocycles. The molecule has 32 heavy (non-hydrogen) atoms. The summed E-state index contributed by atoms with van der Waals surface area (Å²) in [5.41, 5.74) is 1.90. The molecule has 1 aliphatic carbocycles. The number of benzene rings is 2. The van der Waals surface area contributed by atoms with Gasteiger partial charge in [-0.1, -0.05) is 70.2 Å². The Labute approximate surface area is 212 Å². The summed E-state index contributed by atoms with van der Waals surface area (Å²) >= 11 is 17.2. The molecular weight excluding hydrogens is 531 g/mol. The van der Waals surface area contributed by atoms with Crippen molar-refractivity contribution < 1.29 is 9.59 Å². The fourth-order valence-corrected chi connectivity index (χ4v) is 5.69. The third-order valence-electron chi connectivity index (χ3n) is 5.61. The molecule has 0 aromatic heterocycles. The van der Waals surface area contributed by atoms with Gasteiger partial charge in [0.25, 0.3) is 0 Å². The van der Waals surface area contributed by atoms with Gasteiger partial charge in [-0.3, -0.25) is 9.59 Å². The van der Waals surface area contributed by atoms with Crippen LogP contribution in [0.3, 0.4) is 0 Å². The van der Waals surface area contributed by atoms with Crippen molar-refractivity contribution in [2.75, 3.05) is 5.75 Å². The molecule has 0 aliphatic heterocycles. The number of rotatable bonds is 9. The highest BCUT2D eigenvalue weighted by Gasteiger charge is 2.28. The van der Waals surface area contributed by atoms with Crippen LogP contribution in [-0.2, 0) is 21.9 Å². The van der Waals surface area contributed by atoms with Crippen LogP contribution in [0.5, 0.6) is 0 Å². The van der Waals surface area contributed by atoms with Crippen molar-refractivity contribution in [3.63, 3.8) is 0 Å². The van der Waals surface area contributed by atoms with Gasteiger partial charge in [-0.05, 0) is 55.2 Å². The molecule has 2 aromatic carbocycles. The summed E-state index contributed by atoms with van der Waals surface area (Å²) in [6, 6.07) is 12.8. The Balaban J connectivity index is 1.66. The molecule has 1 fully saturated rings. The van der Waals surface area contributed by atoms with Crippen molar-refractivity contribution in [1.29, 1.82) is 0 Å². The number of hydrogen-bond acceptors (Lipinski definition) is 3. The van der Waals surface area contributed by atoms with Crippen LogP contribution in [0.4, 0.5) is 0 Å². The van der Waals surface area contributed by atoms with E-state index in [1.807, 2.05) is 30.3 Å². The van der Waals surface area contributed by atoms with Crippen molar-refractivity contribution in [2.45, 2.75) is 57.0 Å². The molecule has 172 valence electrons. The van der Waals surface area contributed by atoms with Gasteiger partial charge < -0.3 is 10.2 Å². The zero-order valence-corrected chi connectivity index (χ0v) is 21.9. The summed E-state index contributed by atoms with van der Waals surface area (Å²) < 4.78 is 0.942. The molecule has 4 nitrogen and oxygen atoms in total. The molecule has 0 heterocycles. The lowest BCUT2D eigenvalue weighted by atomic mass is 10.1. The number of amides is 2. The van der Waals surface area contributed by atoms with Gasteiger partial charge in [-0.15, -0.1) is 11.8 Å². The largest absolute Gasteiger partial charge is 0.352 e. The maximum Gasteiger partial charge on any atom is 0.242 e. The van der Waals surface area contributed by atoms with Crippen LogP contribution in [0, 0.1) is 0 Å². The first-order chi connectivity index (χ1) is 15.3. The van der Waals surface area contributed by atoms with E-state index < -0.39 is 6.04 Å². The summed E-state index contributed by atoms with van der Waals surface area (Å²) in [5.74, 6) is 0.684.